The first-order chi connectivity index (χ1) is 11.2. The minimum atomic E-state index is -0.0613. The van der Waals surface area contributed by atoms with Gasteiger partial charge in [0.05, 0.1) is 11.7 Å². The van der Waals surface area contributed by atoms with Crippen molar-refractivity contribution < 1.29 is 4.79 Å². The second kappa shape index (κ2) is 9.79. The van der Waals surface area contributed by atoms with Crippen molar-refractivity contribution in [3.05, 3.63) is 48.8 Å². The van der Waals surface area contributed by atoms with Crippen LogP contribution in [-0.4, -0.2) is 51.2 Å². The molecule has 0 saturated carbocycles. The van der Waals surface area contributed by atoms with E-state index in [1.807, 2.05) is 43.1 Å². The summed E-state index contributed by atoms with van der Waals surface area (Å²) in [5.74, 6) is 0.0968. The topological polar surface area (TPSA) is 75.9 Å². The normalized spacial score (nSPS) is 11.4. The molecule has 1 atom stereocenters. The summed E-state index contributed by atoms with van der Waals surface area (Å²) in [6.07, 6.45) is 3.75. The highest BCUT2D eigenvalue weighted by atomic mass is 35.5. The van der Waals surface area contributed by atoms with E-state index < -0.39 is 0 Å². The van der Waals surface area contributed by atoms with E-state index in [0.717, 1.165) is 11.3 Å². The lowest BCUT2D eigenvalue weighted by Crippen LogP contribution is -2.35. The van der Waals surface area contributed by atoms with Gasteiger partial charge in [0.15, 0.2) is 0 Å². The van der Waals surface area contributed by atoms with Crippen molar-refractivity contribution in [3.63, 3.8) is 0 Å². The molecule has 1 heterocycles. The summed E-state index contributed by atoms with van der Waals surface area (Å²) in [6.45, 7) is 6.94. The highest BCUT2D eigenvalue weighted by Crippen LogP contribution is 2.23. The van der Waals surface area contributed by atoms with Gasteiger partial charge in [0.2, 0.25) is 5.91 Å². The van der Waals surface area contributed by atoms with Crippen LogP contribution < -0.4 is 5.32 Å². The summed E-state index contributed by atoms with van der Waals surface area (Å²) in [5, 5.41) is 14.2. The number of rotatable bonds is 8. The number of amides is 1. The molecule has 1 aromatic carbocycles. The summed E-state index contributed by atoms with van der Waals surface area (Å²) in [7, 11) is 1.84. The number of halogens is 1. The molecule has 0 aliphatic rings. The lowest BCUT2D eigenvalue weighted by molar-refractivity contribution is -0.132. The van der Waals surface area contributed by atoms with Gasteiger partial charge in [0.1, 0.15) is 6.33 Å². The fraction of sp³-hybridized carbons (Fsp3) is 0.375. The summed E-state index contributed by atoms with van der Waals surface area (Å²) < 4.78 is 1.59. The van der Waals surface area contributed by atoms with Crippen LogP contribution in [0.15, 0.2) is 43.2 Å². The molecule has 7 nitrogen and oxygen atoms in total. The molecule has 0 fully saturated rings. The Morgan fingerprint density at radius 2 is 2.29 bits per heavy atom. The van der Waals surface area contributed by atoms with Crippen LogP contribution in [0.3, 0.4) is 0 Å². The summed E-state index contributed by atoms with van der Waals surface area (Å²) in [4.78, 5) is 14.2. The molecule has 1 unspecified atom stereocenters. The zero-order valence-electron chi connectivity index (χ0n) is 13.9. The first kappa shape index (κ1) is 19.8. The quantitative estimate of drug-likeness (QED) is 0.734. The predicted octanol–water partition coefficient (Wildman–Crippen LogP) is 1.77. The summed E-state index contributed by atoms with van der Waals surface area (Å²) in [6, 6.07) is 7.79. The molecule has 0 radical (unpaired) electrons. The van der Waals surface area contributed by atoms with E-state index >= 15 is 0 Å². The summed E-state index contributed by atoms with van der Waals surface area (Å²) in [5.41, 5.74) is 1.89. The van der Waals surface area contributed by atoms with Crippen LogP contribution in [0.1, 0.15) is 24.9 Å². The van der Waals surface area contributed by atoms with Crippen molar-refractivity contribution >= 4 is 18.3 Å². The van der Waals surface area contributed by atoms with Gasteiger partial charge in [-0.25, -0.2) is 4.68 Å². The van der Waals surface area contributed by atoms with Crippen molar-refractivity contribution in [3.8, 4) is 5.69 Å². The van der Waals surface area contributed by atoms with Crippen molar-refractivity contribution in [2.45, 2.75) is 19.4 Å². The van der Waals surface area contributed by atoms with E-state index in [1.54, 1.807) is 17.1 Å². The largest absolute Gasteiger partial charge is 0.332 e. The Balaban J connectivity index is 0.00000288. The zero-order valence-corrected chi connectivity index (χ0v) is 14.7. The fourth-order valence-electron chi connectivity index (χ4n) is 2.38. The molecule has 24 heavy (non-hydrogen) atoms. The molecule has 0 spiro atoms. The predicted molar refractivity (Wildman–Crippen MR) is 95.3 cm³/mol. The molecule has 2 aromatic rings. The van der Waals surface area contributed by atoms with E-state index in [-0.39, 0.29) is 24.4 Å². The Labute approximate surface area is 148 Å². The number of hydrogen-bond donors (Lipinski definition) is 1. The van der Waals surface area contributed by atoms with E-state index in [0.29, 0.717) is 19.5 Å². The van der Waals surface area contributed by atoms with Crippen LogP contribution in [-0.2, 0) is 4.79 Å². The molecule has 1 N–H and O–H groups in total. The van der Waals surface area contributed by atoms with Crippen LogP contribution in [0.4, 0.5) is 0 Å². The van der Waals surface area contributed by atoms with Crippen LogP contribution in [0, 0.1) is 0 Å². The number of nitrogens with zero attached hydrogens (tertiary/aromatic N) is 5. The molecule has 2 rings (SSSR count). The summed E-state index contributed by atoms with van der Waals surface area (Å²) >= 11 is 0. The van der Waals surface area contributed by atoms with Gasteiger partial charge in [0.25, 0.3) is 0 Å². The highest BCUT2D eigenvalue weighted by Gasteiger charge is 2.20. The Kier molecular flexibility index (Phi) is 8.08. The molecule has 8 heteroatoms. The van der Waals surface area contributed by atoms with Crippen LogP contribution in [0.5, 0.6) is 0 Å². The molecule has 1 aromatic heterocycles. The van der Waals surface area contributed by atoms with Crippen molar-refractivity contribution in [2.24, 2.45) is 0 Å². The fourth-order valence-corrected chi connectivity index (χ4v) is 2.38. The third-order valence-corrected chi connectivity index (χ3v) is 3.67. The standard InChI is InChI=1S/C16H22N6O.ClH/c1-4-10-21(16(23)8-9-17-3)13(2)14-6-5-7-15(11-14)22-12-18-19-20-22;/h4-7,11-13,17H,1,8-10H2,2-3H3;1H. The lowest BCUT2D eigenvalue weighted by atomic mass is 10.1. The zero-order chi connectivity index (χ0) is 16.7. The average molecular weight is 351 g/mol. The SMILES string of the molecule is C=CCN(C(=O)CCNC)C(C)c1cccc(-n2cnnn2)c1.Cl. The van der Waals surface area contributed by atoms with Gasteiger partial charge in [-0.15, -0.1) is 24.1 Å². The van der Waals surface area contributed by atoms with Gasteiger partial charge in [-0.1, -0.05) is 18.2 Å². The minimum Gasteiger partial charge on any atom is -0.332 e. The smallest absolute Gasteiger partial charge is 0.224 e. The average Bonchev–Trinajstić information content (AvgIpc) is 3.11. The van der Waals surface area contributed by atoms with Crippen molar-refractivity contribution in [1.82, 2.24) is 30.4 Å². The molecular formula is C16H23ClN6O. The molecule has 0 saturated heterocycles. The Bertz CT molecular complexity index is 646. The first-order valence-electron chi connectivity index (χ1n) is 7.55. The number of carbonyl (C=O) groups excluding carboxylic acids is 1. The Morgan fingerprint density at radius 3 is 2.92 bits per heavy atom. The van der Waals surface area contributed by atoms with Gasteiger partial charge >= 0.3 is 0 Å². The number of aromatic nitrogens is 4. The minimum absolute atomic E-state index is 0. The third kappa shape index (κ3) is 4.87. The van der Waals surface area contributed by atoms with E-state index in [2.05, 4.69) is 27.4 Å². The van der Waals surface area contributed by atoms with Gasteiger partial charge in [-0.05, 0) is 42.1 Å². The third-order valence-electron chi connectivity index (χ3n) is 3.67. The maximum Gasteiger partial charge on any atom is 0.224 e. The van der Waals surface area contributed by atoms with Crippen LogP contribution in [0.2, 0.25) is 0 Å². The van der Waals surface area contributed by atoms with E-state index in [1.165, 1.54) is 0 Å². The maximum atomic E-state index is 12.4. The monoisotopic (exact) mass is 350 g/mol. The second-order valence-electron chi connectivity index (χ2n) is 5.21. The second-order valence-corrected chi connectivity index (χ2v) is 5.21. The Morgan fingerprint density at radius 1 is 1.50 bits per heavy atom. The molecule has 1 amide bonds. The number of carbonyl (C=O) groups is 1. The molecular weight excluding hydrogens is 328 g/mol. The van der Waals surface area contributed by atoms with Gasteiger partial charge < -0.3 is 10.2 Å². The van der Waals surface area contributed by atoms with Crippen molar-refractivity contribution in [1.29, 1.82) is 0 Å². The molecule has 0 aliphatic heterocycles. The molecule has 130 valence electrons. The van der Waals surface area contributed by atoms with Crippen LogP contribution >= 0.6 is 12.4 Å². The number of tetrazole rings is 1. The van der Waals surface area contributed by atoms with E-state index in [4.69, 9.17) is 0 Å². The van der Waals surface area contributed by atoms with Gasteiger partial charge in [-0.3, -0.25) is 4.79 Å². The van der Waals surface area contributed by atoms with Crippen molar-refractivity contribution in [2.75, 3.05) is 20.1 Å². The number of benzene rings is 1. The Hall–Kier alpha value is -2.25. The van der Waals surface area contributed by atoms with E-state index in [9.17, 15) is 4.79 Å². The number of nitrogens with one attached hydrogen (secondary N) is 1. The van der Waals surface area contributed by atoms with Gasteiger partial charge in [0, 0.05) is 19.5 Å². The lowest BCUT2D eigenvalue weighted by Gasteiger charge is -2.29. The van der Waals surface area contributed by atoms with Gasteiger partial charge in [-0.2, -0.15) is 0 Å². The first-order valence-corrected chi connectivity index (χ1v) is 7.55. The molecule has 0 bridgehead atoms. The van der Waals surface area contributed by atoms with Crippen LogP contribution in [0.25, 0.3) is 5.69 Å². The molecule has 0 aliphatic carbocycles. The highest BCUT2D eigenvalue weighted by molar-refractivity contribution is 5.85. The maximum absolute atomic E-state index is 12.4. The number of hydrogen-bond acceptors (Lipinski definition) is 5.